The molecule has 0 aromatic heterocycles. The largest absolute Gasteiger partial charge is 0.346 e. The molecular formula is C14H16Cl2N2O. The van der Waals surface area contributed by atoms with Crippen LogP contribution >= 0.6 is 23.2 Å². The molecule has 0 spiro atoms. The number of amides is 1. The van der Waals surface area contributed by atoms with Crippen LogP contribution in [-0.2, 0) is 4.79 Å². The van der Waals surface area contributed by atoms with Gasteiger partial charge >= 0.3 is 0 Å². The monoisotopic (exact) mass is 298 g/mol. The van der Waals surface area contributed by atoms with Gasteiger partial charge in [-0.2, -0.15) is 0 Å². The molecule has 1 amide bonds. The molecule has 1 heterocycles. The van der Waals surface area contributed by atoms with Crippen LogP contribution in [0.1, 0.15) is 25.5 Å². The van der Waals surface area contributed by atoms with Crippen molar-refractivity contribution in [3.05, 3.63) is 45.0 Å². The van der Waals surface area contributed by atoms with Crippen molar-refractivity contribution in [3.63, 3.8) is 0 Å². The first-order valence-corrected chi connectivity index (χ1v) is 6.89. The fourth-order valence-electron chi connectivity index (χ4n) is 1.85. The highest BCUT2D eigenvalue weighted by Gasteiger charge is 2.18. The van der Waals surface area contributed by atoms with Gasteiger partial charge < -0.3 is 10.6 Å². The number of carbonyl (C=O) groups excluding carboxylic acids is 1. The lowest BCUT2D eigenvalue weighted by Crippen LogP contribution is -2.38. The van der Waals surface area contributed by atoms with Crippen molar-refractivity contribution < 1.29 is 4.79 Å². The first-order valence-electron chi connectivity index (χ1n) is 6.14. The Hall–Kier alpha value is -1.03. The minimum atomic E-state index is -0.106. The van der Waals surface area contributed by atoms with E-state index in [1.54, 1.807) is 12.1 Å². The van der Waals surface area contributed by atoms with Gasteiger partial charge in [0.25, 0.3) is 0 Å². The maximum absolute atomic E-state index is 12.1. The van der Waals surface area contributed by atoms with Crippen LogP contribution in [0.3, 0.4) is 0 Å². The average molecular weight is 299 g/mol. The van der Waals surface area contributed by atoms with Crippen LogP contribution in [0.15, 0.2) is 29.3 Å². The van der Waals surface area contributed by atoms with Gasteiger partial charge in [-0.3, -0.25) is 4.79 Å². The normalized spacial score (nSPS) is 15.7. The predicted molar refractivity (Wildman–Crippen MR) is 78.6 cm³/mol. The molecule has 2 N–H and O–H groups in total. The zero-order chi connectivity index (χ0) is 14.0. The van der Waals surface area contributed by atoms with E-state index in [9.17, 15) is 4.79 Å². The van der Waals surface area contributed by atoms with Gasteiger partial charge in [-0.25, -0.2) is 0 Å². The zero-order valence-electron chi connectivity index (χ0n) is 10.9. The Morgan fingerprint density at radius 2 is 2.00 bits per heavy atom. The Labute approximate surface area is 123 Å². The summed E-state index contributed by atoms with van der Waals surface area (Å²) in [5.74, 6) is -0.0323. The van der Waals surface area contributed by atoms with E-state index in [0.717, 1.165) is 24.2 Å². The highest BCUT2D eigenvalue weighted by atomic mass is 35.5. The number of carbonyl (C=O) groups is 1. The minimum absolute atomic E-state index is 0.0323. The van der Waals surface area contributed by atoms with E-state index in [1.807, 2.05) is 19.9 Å². The van der Waals surface area contributed by atoms with E-state index in [0.29, 0.717) is 10.0 Å². The lowest BCUT2D eigenvalue weighted by molar-refractivity contribution is -0.118. The molecule has 1 aliphatic rings. The van der Waals surface area contributed by atoms with Gasteiger partial charge in [-0.15, -0.1) is 0 Å². The molecular weight excluding hydrogens is 283 g/mol. The summed E-state index contributed by atoms with van der Waals surface area (Å²) in [5.41, 5.74) is 2.90. The van der Waals surface area contributed by atoms with Gasteiger partial charge in [0.15, 0.2) is 0 Å². The van der Waals surface area contributed by atoms with Crippen LogP contribution in [-0.4, -0.2) is 19.0 Å². The van der Waals surface area contributed by atoms with Crippen molar-refractivity contribution in [1.82, 2.24) is 10.6 Å². The highest BCUT2D eigenvalue weighted by Crippen LogP contribution is 2.25. The SMILES string of the molecule is CC(C(=O)NC(C)c1ccc(Cl)c(Cl)c1)=C1CNC1. The fourth-order valence-corrected chi connectivity index (χ4v) is 2.15. The van der Waals surface area contributed by atoms with Crippen molar-refractivity contribution in [2.45, 2.75) is 19.9 Å². The van der Waals surface area contributed by atoms with Gasteiger partial charge in [0.05, 0.1) is 16.1 Å². The number of rotatable bonds is 3. The molecule has 1 fully saturated rings. The number of hydrogen-bond acceptors (Lipinski definition) is 2. The predicted octanol–water partition coefficient (Wildman–Crippen LogP) is 3.09. The van der Waals surface area contributed by atoms with E-state index < -0.39 is 0 Å². The van der Waals surface area contributed by atoms with Gasteiger partial charge in [0, 0.05) is 18.7 Å². The first kappa shape index (κ1) is 14.4. The molecule has 1 atom stereocenters. The Balaban J connectivity index is 2.06. The maximum Gasteiger partial charge on any atom is 0.247 e. The van der Waals surface area contributed by atoms with Crippen molar-refractivity contribution in [3.8, 4) is 0 Å². The van der Waals surface area contributed by atoms with Crippen LogP contribution in [0.5, 0.6) is 0 Å². The van der Waals surface area contributed by atoms with E-state index >= 15 is 0 Å². The summed E-state index contributed by atoms with van der Waals surface area (Å²) in [6.45, 7) is 5.39. The van der Waals surface area contributed by atoms with Crippen LogP contribution in [0, 0.1) is 0 Å². The summed E-state index contributed by atoms with van der Waals surface area (Å²) in [6, 6.07) is 5.28. The fraction of sp³-hybridized carbons (Fsp3) is 0.357. The molecule has 1 aromatic carbocycles. The summed E-state index contributed by atoms with van der Waals surface area (Å²) in [6.07, 6.45) is 0. The lowest BCUT2D eigenvalue weighted by Gasteiger charge is -2.23. The van der Waals surface area contributed by atoms with E-state index in [2.05, 4.69) is 10.6 Å². The Kier molecular flexibility index (Phi) is 4.50. The summed E-state index contributed by atoms with van der Waals surface area (Å²) in [4.78, 5) is 12.1. The molecule has 0 bridgehead atoms. The molecule has 1 saturated heterocycles. The number of benzene rings is 1. The van der Waals surface area contributed by atoms with Crippen LogP contribution in [0.25, 0.3) is 0 Å². The van der Waals surface area contributed by atoms with Gasteiger partial charge in [0.1, 0.15) is 0 Å². The molecule has 2 rings (SSSR count). The molecule has 1 unspecified atom stereocenters. The Morgan fingerprint density at radius 3 is 2.53 bits per heavy atom. The summed E-state index contributed by atoms with van der Waals surface area (Å²) < 4.78 is 0. The highest BCUT2D eigenvalue weighted by molar-refractivity contribution is 6.42. The maximum atomic E-state index is 12.1. The van der Waals surface area contributed by atoms with E-state index in [1.165, 1.54) is 5.57 Å². The molecule has 102 valence electrons. The van der Waals surface area contributed by atoms with Crippen molar-refractivity contribution in [2.75, 3.05) is 13.1 Å². The molecule has 3 nitrogen and oxygen atoms in total. The second-order valence-corrected chi connectivity index (χ2v) is 5.52. The van der Waals surface area contributed by atoms with Gasteiger partial charge in [-0.05, 0) is 37.1 Å². The number of halogens is 2. The second-order valence-electron chi connectivity index (χ2n) is 4.70. The first-order chi connectivity index (χ1) is 8.99. The molecule has 5 heteroatoms. The molecule has 0 aliphatic carbocycles. The second kappa shape index (κ2) is 5.95. The standard InChI is InChI=1S/C14H16Cl2N2O/c1-8(11-6-17-7-11)14(19)18-9(2)10-3-4-12(15)13(16)5-10/h3-5,9,17H,6-7H2,1-2H3,(H,18,19). The van der Waals surface area contributed by atoms with Crippen molar-refractivity contribution in [2.24, 2.45) is 0 Å². The third kappa shape index (κ3) is 3.30. The third-order valence-electron chi connectivity index (χ3n) is 3.34. The van der Waals surface area contributed by atoms with Crippen LogP contribution in [0.4, 0.5) is 0 Å². The van der Waals surface area contributed by atoms with Crippen LogP contribution in [0.2, 0.25) is 10.0 Å². The Bertz CT molecular complexity index is 534. The van der Waals surface area contributed by atoms with Crippen molar-refractivity contribution >= 4 is 29.1 Å². The molecule has 19 heavy (non-hydrogen) atoms. The van der Waals surface area contributed by atoms with E-state index in [4.69, 9.17) is 23.2 Å². The summed E-state index contributed by atoms with van der Waals surface area (Å²) in [5, 5.41) is 7.11. The smallest absolute Gasteiger partial charge is 0.247 e. The topological polar surface area (TPSA) is 41.1 Å². The molecule has 1 aromatic rings. The zero-order valence-corrected chi connectivity index (χ0v) is 12.4. The molecule has 1 aliphatic heterocycles. The summed E-state index contributed by atoms with van der Waals surface area (Å²) in [7, 11) is 0. The lowest BCUT2D eigenvalue weighted by atomic mass is 10.0. The molecule has 0 radical (unpaired) electrons. The number of nitrogens with one attached hydrogen (secondary N) is 2. The molecule has 0 saturated carbocycles. The van der Waals surface area contributed by atoms with Crippen LogP contribution < -0.4 is 10.6 Å². The van der Waals surface area contributed by atoms with Gasteiger partial charge in [-0.1, -0.05) is 29.3 Å². The average Bonchev–Trinajstić information content (AvgIpc) is 2.30. The Morgan fingerprint density at radius 1 is 1.32 bits per heavy atom. The third-order valence-corrected chi connectivity index (χ3v) is 4.08. The number of hydrogen-bond donors (Lipinski definition) is 2. The quantitative estimate of drug-likeness (QED) is 0.842. The van der Waals surface area contributed by atoms with E-state index in [-0.39, 0.29) is 11.9 Å². The minimum Gasteiger partial charge on any atom is -0.346 e. The van der Waals surface area contributed by atoms with Crippen molar-refractivity contribution in [1.29, 1.82) is 0 Å². The van der Waals surface area contributed by atoms with Gasteiger partial charge in [0.2, 0.25) is 5.91 Å². The summed E-state index contributed by atoms with van der Waals surface area (Å²) >= 11 is 11.9.